The minimum absolute atomic E-state index is 0.647. The van der Waals surface area contributed by atoms with Crippen LogP contribution >= 0.6 is 0 Å². The van der Waals surface area contributed by atoms with Crippen LogP contribution in [0.15, 0.2) is 10.9 Å². The van der Waals surface area contributed by atoms with Gasteiger partial charge in [0.15, 0.2) is 5.82 Å². The number of rotatable bonds is 3. The normalized spacial score (nSPS) is 28.1. The topological polar surface area (TPSA) is 51.0 Å². The largest absolute Gasteiger partial charge is 0.343 e. The molecule has 1 aliphatic carbocycles. The van der Waals surface area contributed by atoms with E-state index in [1.54, 1.807) is 0 Å². The molecule has 0 aromatic carbocycles. The second-order valence-corrected chi connectivity index (χ2v) is 3.84. The van der Waals surface area contributed by atoms with E-state index in [0.717, 1.165) is 18.3 Å². The molecule has 1 aliphatic rings. The monoisotopic (exact) mass is 181 g/mol. The first-order valence-electron chi connectivity index (χ1n) is 4.83. The predicted octanol–water partition coefficient (Wildman–Crippen LogP) is 1.35. The van der Waals surface area contributed by atoms with Crippen LogP contribution in [0.3, 0.4) is 0 Å². The summed E-state index contributed by atoms with van der Waals surface area (Å²) in [6.45, 7) is 3.03. The highest BCUT2D eigenvalue weighted by atomic mass is 16.5. The lowest BCUT2D eigenvalue weighted by molar-refractivity contribution is 0.402. The van der Waals surface area contributed by atoms with E-state index in [1.165, 1.54) is 25.7 Å². The van der Waals surface area contributed by atoms with Crippen molar-refractivity contribution in [2.24, 2.45) is 5.92 Å². The van der Waals surface area contributed by atoms with Gasteiger partial charge in [-0.05, 0) is 25.2 Å². The molecule has 1 saturated carbocycles. The summed E-state index contributed by atoms with van der Waals surface area (Å²) in [6.07, 6.45) is 5.26. The van der Waals surface area contributed by atoms with Gasteiger partial charge in [-0.3, -0.25) is 0 Å². The number of hydrogen-bond acceptors (Lipinski definition) is 4. The lowest BCUT2D eigenvalue weighted by atomic mass is 10.1. The SMILES string of the molecule is CC1CCC(NCc2ncon2)C1. The van der Waals surface area contributed by atoms with E-state index in [1.807, 2.05) is 0 Å². The molecule has 2 atom stereocenters. The van der Waals surface area contributed by atoms with E-state index in [4.69, 9.17) is 0 Å². The van der Waals surface area contributed by atoms with E-state index in [2.05, 4.69) is 26.9 Å². The minimum Gasteiger partial charge on any atom is -0.343 e. The van der Waals surface area contributed by atoms with Crippen LogP contribution in [0.25, 0.3) is 0 Å². The second-order valence-electron chi connectivity index (χ2n) is 3.84. The molecule has 4 heteroatoms. The Balaban J connectivity index is 1.74. The molecule has 72 valence electrons. The van der Waals surface area contributed by atoms with Crippen molar-refractivity contribution in [3.63, 3.8) is 0 Å². The van der Waals surface area contributed by atoms with Crippen LogP contribution < -0.4 is 5.32 Å². The van der Waals surface area contributed by atoms with Gasteiger partial charge in [0.25, 0.3) is 0 Å². The Morgan fingerprint density at radius 1 is 1.62 bits per heavy atom. The van der Waals surface area contributed by atoms with Gasteiger partial charge in [0.05, 0.1) is 6.54 Å². The smallest absolute Gasteiger partial charge is 0.213 e. The van der Waals surface area contributed by atoms with E-state index in [9.17, 15) is 0 Å². The minimum atomic E-state index is 0.647. The van der Waals surface area contributed by atoms with Gasteiger partial charge in [0.2, 0.25) is 6.39 Å². The van der Waals surface area contributed by atoms with Crippen molar-refractivity contribution in [2.45, 2.75) is 38.8 Å². The summed E-state index contributed by atoms with van der Waals surface area (Å²) in [5, 5.41) is 7.18. The molecule has 0 saturated heterocycles. The zero-order valence-electron chi connectivity index (χ0n) is 7.86. The molecule has 1 N–H and O–H groups in total. The summed E-state index contributed by atoms with van der Waals surface area (Å²) in [7, 11) is 0. The second kappa shape index (κ2) is 3.87. The zero-order chi connectivity index (χ0) is 9.10. The van der Waals surface area contributed by atoms with Crippen molar-refractivity contribution >= 4 is 0 Å². The van der Waals surface area contributed by atoms with Gasteiger partial charge in [-0.15, -0.1) is 0 Å². The first kappa shape index (κ1) is 8.69. The summed E-state index contributed by atoms with van der Waals surface area (Å²) < 4.78 is 4.65. The summed E-state index contributed by atoms with van der Waals surface area (Å²) in [6, 6.07) is 0.647. The van der Waals surface area contributed by atoms with Crippen molar-refractivity contribution in [1.82, 2.24) is 15.5 Å². The molecule has 1 aromatic heterocycles. The van der Waals surface area contributed by atoms with Gasteiger partial charge in [-0.1, -0.05) is 12.1 Å². The van der Waals surface area contributed by atoms with Crippen LogP contribution in [-0.2, 0) is 6.54 Å². The van der Waals surface area contributed by atoms with Gasteiger partial charge in [-0.2, -0.15) is 4.98 Å². The highest BCUT2D eigenvalue weighted by Crippen LogP contribution is 2.24. The molecule has 0 aliphatic heterocycles. The van der Waals surface area contributed by atoms with Gasteiger partial charge in [-0.25, -0.2) is 0 Å². The third-order valence-corrected chi connectivity index (χ3v) is 2.65. The Morgan fingerprint density at radius 3 is 3.15 bits per heavy atom. The third kappa shape index (κ3) is 2.28. The fourth-order valence-electron chi connectivity index (χ4n) is 1.90. The number of hydrogen-bond donors (Lipinski definition) is 1. The van der Waals surface area contributed by atoms with Crippen molar-refractivity contribution in [1.29, 1.82) is 0 Å². The lowest BCUT2D eigenvalue weighted by Crippen LogP contribution is -2.26. The highest BCUT2D eigenvalue weighted by Gasteiger charge is 2.20. The zero-order valence-corrected chi connectivity index (χ0v) is 7.86. The van der Waals surface area contributed by atoms with Crippen LogP contribution in [-0.4, -0.2) is 16.2 Å². The fraction of sp³-hybridized carbons (Fsp3) is 0.778. The van der Waals surface area contributed by atoms with Gasteiger partial charge < -0.3 is 9.84 Å². The summed E-state index contributed by atoms with van der Waals surface area (Å²) in [5.74, 6) is 1.61. The molecule has 0 bridgehead atoms. The molecule has 2 rings (SSSR count). The Morgan fingerprint density at radius 2 is 2.54 bits per heavy atom. The average Bonchev–Trinajstić information content (AvgIpc) is 2.71. The Kier molecular flexibility index (Phi) is 2.59. The highest BCUT2D eigenvalue weighted by molar-refractivity contribution is 4.82. The van der Waals surface area contributed by atoms with Crippen molar-refractivity contribution < 1.29 is 4.52 Å². The molecule has 0 radical (unpaired) electrons. The Hall–Kier alpha value is -0.900. The molecule has 1 aromatic rings. The van der Waals surface area contributed by atoms with Crippen LogP contribution in [0, 0.1) is 5.92 Å². The molecule has 0 amide bonds. The van der Waals surface area contributed by atoms with Crippen molar-refractivity contribution in [3.8, 4) is 0 Å². The van der Waals surface area contributed by atoms with E-state index < -0.39 is 0 Å². The first-order valence-corrected chi connectivity index (χ1v) is 4.83. The van der Waals surface area contributed by atoms with Crippen molar-refractivity contribution in [2.75, 3.05) is 0 Å². The summed E-state index contributed by atoms with van der Waals surface area (Å²) >= 11 is 0. The molecular weight excluding hydrogens is 166 g/mol. The lowest BCUT2D eigenvalue weighted by Gasteiger charge is -2.09. The van der Waals surface area contributed by atoms with E-state index in [0.29, 0.717) is 6.04 Å². The van der Waals surface area contributed by atoms with Crippen molar-refractivity contribution in [3.05, 3.63) is 12.2 Å². The van der Waals surface area contributed by atoms with Crippen LogP contribution in [0.4, 0.5) is 0 Å². The Labute approximate surface area is 77.7 Å². The number of nitrogens with one attached hydrogen (secondary N) is 1. The molecule has 4 nitrogen and oxygen atoms in total. The summed E-state index contributed by atoms with van der Waals surface area (Å²) in [4.78, 5) is 3.96. The van der Waals surface area contributed by atoms with Crippen LogP contribution in [0.5, 0.6) is 0 Å². The average molecular weight is 181 g/mol. The first-order chi connectivity index (χ1) is 6.34. The van der Waals surface area contributed by atoms with Crippen LogP contribution in [0.2, 0.25) is 0 Å². The number of nitrogens with zero attached hydrogens (tertiary/aromatic N) is 2. The quantitative estimate of drug-likeness (QED) is 0.764. The van der Waals surface area contributed by atoms with Gasteiger partial charge in [0, 0.05) is 6.04 Å². The molecule has 0 spiro atoms. The Bertz CT molecular complexity index is 247. The summed E-state index contributed by atoms with van der Waals surface area (Å²) in [5.41, 5.74) is 0. The molecular formula is C9H15N3O. The van der Waals surface area contributed by atoms with E-state index >= 15 is 0 Å². The molecule has 1 fully saturated rings. The third-order valence-electron chi connectivity index (χ3n) is 2.65. The fourth-order valence-corrected chi connectivity index (χ4v) is 1.90. The maximum absolute atomic E-state index is 4.65. The van der Waals surface area contributed by atoms with Crippen LogP contribution in [0.1, 0.15) is 32.0 Å². The maximum atomic E-state index is 4.65. The number of aromatic nitrogens is 2. The van der Waals surface area contributed by atoms with E-state index in [-0.39, 0.29) is 0 Å². The predicted molar refractivity (Wildman–Crippen MR) is 47.9 cm³/mol. The maximum Gasteiger partial charge on any atom is 0.213 e. The standard InChI is InChI=1S/C9H15N3O/c1-7-2-3-8(4-7)10-5-9-11-6-13-12-9/h6-8,10H,2-5H2,1H3. The van der Waals surface area contributed by atoms with Gasteiger partial charge in [0.1, 0.15) is 0 Å². The van der Waals surface area contributed by atoms with Gasteiger partial charge >= 0.3 is 0 Å². The molecule has 13 heavy (non-hydrogen) atoms. The molecule has 1 heterocycles. The molecule has 2 unspecified atom stereocenters.